The zero-order valence-corrected chi connectivity index (χ0v) is 12.1. The summed E-state index contributed by atoms with van der Waals surface area (Å²) in [7, 11) is 0. The third-order valence-corrected chi connectivity index (χ3v) is 4.06. The van der Waals surface area contributed by atoms with E-state index in [4.69, 9.17) is 5.73 Å². The van der Waals surface area contributed by atoms with Crippen LogP contribution >= 0.6 is 0 Å². The van der Waals surface area contributed by atoms with Crippen LogP contribution in [0.25, 0.3) is 0 Å². The summed E-state index contributed by atoms with van der Waals surface area (Å²) in [6.45, 7) is 11.5. The maximum absolute atomic E-state index is 10.0. The minimum Gasteiger partial charge on any atom is -0.376 e. The molecule has 3 heteroatoms. The Morgan fingerprint density at radius 3 is 2.41 bits per heavy atom. The van der Waals surface area contributed by atoms with E-state index < -0.39 is 5.72 Å². The van der Waals surface area contributed by atoms with E-state index in [-0.39, 0.29) is 11.5 Å². The second kappa shape index (κ2) is 4.87. The van der Waals surface area contributed by atoms with Crippen LogP contribution in [0.2, 0.25) is 0 Å². The smallest absolute Gasteiger partial charge is 0.112 e. The third-order valence-electron chi connectivity index (χ3n) is 4.06. The minimum atomic E-state index is -0.755. The lowest BCUT2D eigenvalue weighted by Crippen LogP contribution is -2.51. The van der Waals surface area contributed by atoms with Gasteiger partial charge in [-0.05, 0) is 43.4 Å². The van der Waals surface area contributed by atoms with Gasteiger partial charge in [0.25, 0.3) is 0 Å². The predicted octanol–water partition coefficient (Wildman–Crippen LogP) is 2.24. The molecule has 102 valence electrons. The molecule has 4 N–H and O–H groups in total. The second-order valence-corrected chi connectivity index (χ2v) is 7.30. The highest BCUT2D eigenvalue weighted by Crippen LogP contribution is 2.45. The van der Waals surface area contributed by atoms with Gasteiger partial charge in [-0.15, -0.1) is 0 Å². The van der Waals surface area contributed by atoms with Crippen LogP contribution in [-0.2, 0) is 0 Å². The molecule has 0 aromatic carbocycles. The molecule has 1 aliphatic carbocycles. The fourth-order valence-corrected chi connectivity index (χ4v) is 3.38. The number of rotatable bonds is 4. The normalized spacial score (nSPS) is 36.5. The molecule has 0 aliphatic heterocycles. The van der Waals surface area contributed by atoms with Gasteiger partial charge >= 0.3 is 0 Å². The molecular weight excluding hydrogens is 212 g/mol. The quantitative estimate of drug-likeness (QED) is 0.663. The van der Waals surface area contributed by atoms with Gasteiger partial charge < -0.3 is 10.8 Å². The van der Waals surface area contributed by atoms with Gasteiger partial charge in [-0.3, -0.25) is 5.32 Å². The summed E-state index contributed by atoms with van der Waals surface area (Å²) in [6, 6.07) is 0.289. The average molecular weight is 242 g/mol. The van der Waals surface area contributed by atoms with Crippen molar-refractivity contribution in [1.29, 1.82) is 0 Å². The Morgan fingerprint density at radius 2 is 1.94 bits per heavy atom. The van der Waals surface area contributed by atoms with Gasteiger partial charge in [0.05, 0.1) is 0 Å². The molecule has 0 aromatic rings. The first-order valence-electron chi connectivity index (χ1n) is 6.81. The van der Waals surface area contributed by atoms with Crippen LogP contribution in [0.4, 0.5) is 0 Å². The van der Waals surface area contributed by atoms with E-state index in [1.54, 1.807) is 0 Å². The van der Waals surface area contributed by atoms with Crippen molar-refractivity contribution in [3.8, 4) is 0 Å². The molecule has 1 fully saturated rings. The van der Waals surface area contributed by atoms with Gasteiger partial charge in [0.2, 0.25) is 0 Å². The number of hydrogen-bond acceptors (Lipinski definition) is 3. The van der Waals surface area contributed by atoms with Gasteiger partial charge in [-0.2, -0.15) is 0 Å². The molecule has 0 bridgehead atoms. The molecule has 1 aliphatic rings. The van der Waals surface area contributed by atoms with Gasteiger partial charge in [0, 0.05) is 12.6 Å². The van der Waals surface area contributed by atoms with Crippen LogP contribution in [0.3, 0.4) is 0 Å². The molecular formula is C14H30N2O. The summed E-state index contributed by atoms with van der Waals surface area (Å²) in [4.78, 5) is 0. The number of nitrogens with one attached hydrogen (secondary N) is 1. The topological polar surface area (TPSA) is 58.3 Å². The third kappa shape index (κ3) is 4.57. The van der Waals surface area contributed by atoms with E-state index in [1.807, 2.05) is 13.8 Å². The van der Waals surface area contributed by atoms with E-state index in [0.29, 0.717) is 5.41 Å². The predicted molar refractivity (Wildman–Crippen MR) is 72.6 cm³/mol. The Bertz CT molecular complexity index is 263. The summed E-state index contributed by atoms with van der Waals surface area (Å²) in [5, 5.41) is 13.3. The van der Waals surface area contributed by atoms with Crippen molar-refractivity contribution in [2.75, 3.05) is 6.54 Å². The molecule has 3 atom stereocenters. The lowest BCUT2D eigenvalue weighted by atomic mass is 9.63. The highest BCUT2D eigenvalue weighted by molar-refractivity contribution is 4.94. The Hall–Kier alpha value is -0.120. The summed E-state index contributed by atoms with van der Waals surface area (Å²) in [5.74, 6) is 0. The molecule has 0 saturated heterocycles. The van der Waals surface area contributed by atoms with Gasteiger partial charge in [0.15, 0.2) is 0 Å². The highest BCUT2D eigenvalue weighted by atomic mass is 16.3. The van der Waals surface area contributed by atoms with Crippen LogP contribution in [-0.4, -0.2) is 23.4 Å². The Kier molecular flexibility index (Phi) is 4.28. The van der Waals surface area contributed by atoms with Crippen molar-refractivity contribution >= 4 is 0 Å². The zero-order valence-electron chi connectivity index (χ0n) is 12.1. The Balaban J connectivity index is 2.62. The van der Waals surface area contributed by atoms with Gasteiger partial charge in [0.1, 0.15) is 5.72 Å². The summed E-state index contributed by atoms with van der Waals surface area (Å²) in [6.07, 6.45) is 4.04. The zero-order chi connectivity index (χ0) is 13.3. The van der Waals surface area contributed by atoms with Gasteiger partial charge in [-0.25, -0.2) is 0 Å². The monoisotopic (exact) mass is 242 g/mol. The van der Waals surface area contributed by atoms with E-state index >= 15 is 0 Å². The molecule has 0 aromatic heterocycles. The number of hydrogen-bond donors (Lipinski definition) is 3. The Labute approximate surface area is 106 Å². The molecule has 17 heavy (non-hydrogen) atoms. The molecule has 0 radical (unpaired) electrons. The minimum absolute atomic E-state index is 0.195. The lowest BCUT2D eigenvalue weighted by molar-refractivity contribution is -0.00540. The summed E-state index contributed by atoms with van der Waals surface area (Å²) in [5.41, 5.74) is 5.92. The van der Waals surface area contributed by atoms with E-state index in [1.165, 1.54) is 6.42 Å². The standard InChI is InChI=1S/C14H30N2O/c1-6-14(5,17)16-10-13(4)8-11(15)7-12(2,3)9-13/h11,16-17H,6-10,15H2,1-5H3. The SMILES string of the molecule is CCC(C)(O)NCC1(C)CC(N)CC(C)(C)C1. The maximum atomic E-state index is 10.0. The van der Waals surface area contributed by atoms with Crippen molar-refractivity contribution < 1.29 is 5.11 Å². The lowest BCUT2D eigenvalue weighted by Gasteiger charge is -2.46. The van der Waals surface area contributed by atoms with Crippen molar-refractivity contribution in [2.45, 2.75) is 72.1 Å². The van der Waals surface area contributed by atoms with Crippen LogP contribution in [0, 0.1) is 10.8 Å². The number of aliphatic hydroxyl groups is 1. The fraction of sp³-hybridized carbons (Fsp3) is 1.00. The molecule has 0 heterocycles. The average Bonchev–Trinajstić information content (AvgIpc) is 2.11. The van der Waals surface area contributed by atoms with Gasteiger partial charge in [-0.1, -0.05) is 27.7 Å². The fourth-order valence-electron chi connectivity index (χ4n) is 3.38. The van der Waals surface area contributed by atoms with Crippen LogP contribution in [0.5, 0.6) is 0 Å². The summed E-state index contributed by atoms with van der Waals surface area (Å²) >= 11 is 0. The van der Waals surface area contributed by atoms with Crippen LogP contribution in [0.1, 0.15) is 60.3 Å². The maximum Gasteiger partial charge on any atom is 0.112 e. The van der Waals surface area contributed by atoms with Crippen molar-refractivity contribution in [3.05, 3.63) is 0 Å². The van der Waals surface area contributed by atoms with Crippen molar-refractivity contribution in [2.24, 2.45) is 16.6 Å². The van der Waals surface area contributed by atoms with E-state index in [2.05, 4.69) is 26.1 Å². The van der Waals surface area contributed by atoms with Crippen LogP contribution < -0.4 is 11.1 Å². The van der Waals surface area contributed by atoms with Crippen molar-refractivity contribution in [3.63, 3.8) is 0 Å². The Morgan fingerprint density at radius 1 is 1.35 bits per heavy atom. The first kappa shape index (κ1) is 14.9. The van der Waals surface area contributed by atoms with E-state index in [9.17, 15) is 5.11 Å². The van der Waals surface area contributed by atoms with E-state index in [0.717, 1.165) is 25.8 Å². The van der Waals surface area contributed by atoms with Crippen LogP contribution in [0.15, 0.2) is 0 Å². The molecule has 0 amide bonds. The number of nitrogens with two attached hydrogens (primary N) is 1. The molecule has 3 nitrogen and oxygen atoms in total. The molecule has 1 saturated carbocycles. The highest BCUT2D eigenvalue weighted by Gasteiger charge is 2.40. The molecule has 1 rings (SSSR count). The first-order chi connectivity index (χ1) is 7.58. The summed E-state index contributed by atoms with van der Waals surface area (Å²) < 4.78 is 0. The van der Waals surface area contributed by atoms with Crippen molar-refractivity contribution in [1.82, 2.24) is 5.32 Å². The largest absolute Gasteiger partial charge is 0.376 e. The second-order valence-electron chi connectivity index (χ2n) is 7.30. The molecule has 3 unspecified atom stereocenters. The molecule has 0 spiro atoms. The first-order valence-corrected chi connectivity index (χ1v) is 6.81.